The second-order valence-electron chi connectivity index (χ2n) is 9.88. The zero-order valence-electron chi connectivity index (χ0n) is 16.2. The number of aromatic nitrogens is 1. The quantitative estimate of drug-likeness (QED) is 0.652. The standard InChI is InChI=1S/C24H31NO/c1-23-12-3-6-22(26)21(23)8-7-17-19-10-9-18(16-5-4-14-25-15-16)24(19,2)13-11-20(17)23/h4-5,9,14-15,17,19-21H,3,6-8,10-13H2,1-2H3/t17-,19-,20-,21?,23+,24+/m0/s1. The van der Waals surface area contributed by atoms with Crippen LogP contribution in [0.25, 0.3) is 5.57 Å². The van der Waals surface area contributed by atoms with Crippen LogP contribution in [-0.2, 0) is 4.79 Å². The smallest absolute Gasteiger partial charge is 0.136 e. The summed E-state index contributed by atoms with van der Waals surface area (Å²) in [6.07, 6.45) is 15.9. The molecule has 4 aliphatic carbocycles. The van der Waals surface area contributed by atoms with Crippen molar-refractivity contribution in [1.82, 2.24) is 4.98 Å². The summed E-state index contributed by atoms with van der Waals surface area (Å²) in [5.41, 5.74) is 3.44. The predicted molar refractivity (Wildman–Crippen MR) is 104 cm³/mol. The number of carbonyl (C=O) groups is 1. The third-order valence-corrected chi connectivity index (χ3v) is 8.95. The molecule has 0 aromatic carbocycles. The van der Waals surface area contributed by atoms with Crippen LogP contribution in [0.15, 0.2) is 30.6 Å². The molecule has 3 fully saturated rings. The van der Waals surface area contributed by atoms with Crippen molar-refractivity contribution >= 4 is 11.4 Å². The summed E-state index contributed by atoms with van der Waals surface area (Å²) in [6.45, 7) is 4.98. The van der Waals surface area contributed by atoms with Crippen molar-refractivity contribution in [3.8, 4) is 0 Å². The number of Topliss-reactive ketones (excluding diaryl/α,β-unsaturated/α-hetero) is 1. The molecule has 6 atom stereocenters. The third kappa shape index (κ3) is 2.17. The Morgan fingerprint density at radius 2 is 2.00 bits per heavy atom. The molecule has 0 bridgehead atoms. The molecule has 0 aliphatic heterocycles. The van der Waals surface area contributed by atoms with E-state index < -0.39 is 0 Å². The molecule has 5 rings (SSSR count). The molecule has 4 aliphatic rings. The van der Waals surface area contributed by atoms with E-state index in [1.807, 2.05) is 12.4 Å². The molecule has 138 valence electrons. The Morgan fingerprint density at radius 1 is 1.12 bits per heavy atom. The number of fused-ring (bicyclic) bond motifs is 5. The van der Waals surface area contributed by atoms with E-state index in [1.54, 1.807) is 5.57 Å². The van der Waals surface area contributed by atoms with Gasteiger partial charge in [0, 0.05) is 24.7 Å². The number of ketones is 1. The van der Waals surface area contributed by atoms with Gasteiger partial charge in [-0.1, -0.05) is 26.0 Å². The minimum atomic E-state index is 0.274. The van der Waals surface area contributed by atoms with E-state index in [0.29, 0.717) is 17.1 Å². The van der Waals surface area contributed by atoms with Gasteiger partial charge in [-0.3, -0.25) is 9.78 Å². The molecular formula is C24H31NO. The predicted octanol–water partition coefficient (Wildman–Crippen LogP) is 5.69. The average Bonchev–Trinajstić information content (AvgIpc) is 2.99. The van der Waals surface area contributed by atoms with Crippen molar-refractivity contribution in [2.24, 2.45) is 34.5 Å². The van der Waals surface area contributed by atoms with Gasteiger partial charge in [0.05, 0.1) is 0 Å². The van der Waals surface area contributed by atoms with Crippen molar-refractivity contribution in [1.29, 1.82) is 0 Å². The van der Waals surface area contributed by atoms with Gasteiger partial charge >= 0.3 is 0 Å². The highest BCUT2D eigenvalue weighted by molar-refractivity contribution is 5.83. The van der Waals surface area contributed by atoms with E-state index in [0.717, 1.165) is 37.0 Å². The molecule has 0 spiro atoms. The molecule has 0 saturated heterocycles. The van der Waals surface area contributed by atoms with E-state index in [1.165, 1.54) is 37.7 Å². The van der Waals surface area contributed by atoms with E-state index in [2.05, 4.69) is 37.0 Å². The average molecular weight is 350 g/mol. The van der Waals surface area contributed by atoms with Crippen molar-refractivity contribution in [2.45, 2.75) is 65.2 Å². The fraction of sp³-hybridized carbons (Fsp3) is 0.667. The van der Waals surface area contributed by atoms with E-state index in [4.69, 9.17) is 0 Å². The molecule has 1 unspecified atom stereocenters. The van der Waals surface area contributed by atoms with Crippen molar-refractivity contribution in [2.75, 3.05) is 0 Å². The molecule has 1 aromatic heterocycles. The Labute approximate surface area is 157 Å². The molecule has 1 aromatic rings. The van der Waals surface area contributed by atoms with E-state index >= 15 is 0 Å². The SMILES string of the molecule is C[C@]12CCCC(=O)C1CC[C@@H]1[C@@H]2CC[C@]2(C)C(c3cccnc3)=CC[C@@H]12. The Bertz CT molecular complexity index is 753. The first-order chi connectivity index (χ1) is 12.5. The maximum Gasteiger partial charge on any atom is 0.136 e. The second-order valence-corrected chi connectivity index (χ2v) is 9.88. The normalized spacial score (nSPS) is 44.7. The van der Waals surface area contributed by atoms with Gasteiger partial charge in [0.15, 0.2) is 0 Å². The lowest BCUT2D eigenvalue weighted by Crippen LogP contribution is -2.54. The molecule has 2 heteroatoms. The molecule has 0 N–H and O–H groups in total. The molecule has 0 radical (unpaired) electrons. The highest BCUT2D eigenvalue weighted by Gasteiger charge is 2.59. The molecule has 26 heavy (non-hydrogen) atoms. The summed E-state index contributed by atoms with van der Waals surface area (Å²) in [4.78, 5) is 17.0. The number of hydrogen-bond donors (Lipinski definition) is 0. The molecule has 0 amide bonds. The minimum Gasteiger partial charge on any atom is -0.299 e. The monoisotopic (exact) mass is 349 g/mol. The van der Waals surface area contributed by atoms with Crippen LogP contribution in [0.2, 0.25) is 0 Å². The van der Waals surface area contributed by atoms with Gasteiger partial charge in [0.25, 0.3) is 0 Å². The summed E-state index contributed by atoms with van der Waals surface area (Å²) in [5, 5.41) is 0. The maximum atomic E-state index is 12.6. The Kier molecular flexibility index (Phi) is 3.71. The van der Waals surface area contributed by atoms with Crippen molar-refractivity contribution in [3.63, 3.8) is 0 Å². The van der Waals surface area contributed by atoms with E-state index in [9.17, 15) is 4.79 Å². The molecular weight excluding hydrogens is 318 g/mol. The van der Waals surface area contributed by atoms with Gasteiger partial charge in [-0.05, 0) is 90.7 Å². The molecule has 2 nitrogen and oxygen atoms in total. The topological polar surface area (TPSA) is 30.0 Å². The lowest BCUT2D eigenvalue weighted by atomic mass is 9.44. The number of hydrogen-bond acceptors (Lipinski definition) is 2. The third-order valence-electron chi connectivity index (χ3n) is 8.95. The summed E-state index contributed by atoms with van der Waals surface area (Å²) in [5.74, 6) is 3.24. The van der Waals surface area contributed by atoms with Crippen LogP contribution in [0.5, 0.6) is 0 Å². The lowest BCUT2D eigenvalue weighted by molar-refractivity contribution is -0.145. The molecule has 3 saturated carbocycles. The number of pyridine rings is 1. The van der Waals surface area contributed by atoms with Gasteiger partial charge in [0.1, 0.15) is 5.78 Å². The number of rotatable bonds is 1. The van der Waals surface area contributed by atoms with Crippen LogP contribution in [0, 0.1) is 34.5 Å². The largest absolute Gasteiger partial charge is 0.299 e. The summed E-state index contributed by atoms with van der Waals surface area (Å²) >= 11 is 0. The van der Waals surface area contributed by atoms with E-state index in [-0.39, 0.29) is 5.41 Å². The van der Waals surface area contributed by atoms with Gasteiger partial charge in [-0.15, -0.1) is 0 Å². The fourth-order valence-electron chi connectivity index (χ4n) is 7.70. The second kappa shape index (κ2) is 5.78. The number of allylic oxidation sites excluding steroid dienone is 2. The highest BCUT2D eigenvalue weighted by Crippen LogP contribution is 2.67. The van der Waals surface area contributed by atoms with Crippen LogP contribution in [-0.4, -0.2) is 10.8 Å². The highest BCUT2D eigenvalue weighted by atomic mass is 16.1. The Hall–Kier alpha value is -1.44. The van der Waals surface area contributed by atoms with Crippen LogP contribution in [0.4, 0.5) is 0 Å². The van der Waals surface area contributed by atoms with Crippen LogP contribution >= 0.6 is 0 Å². The van der Waals surface area contributed by atoms with Crippen LogP contribution in [0.3, 0.4) is 0 Å². The summed E-state index contributed by atoms with van der Waals surface area (Å²) in [7, 11) is 0. The summed E-state index contributed by atoms with van der Waals surface area (Å²) in [6, 6.07) is 4.30. The Balaban J connectivity index is 1.47. The first kappa shape index (κ1) is 16.7. The maximum absolute atomic E-state index is 12.6. The van der Waals surface area contributed by atoms with Crippen LogP contribution < -0.4 is 0 Å². The first-order valence-electron chi connectivity index (χ1n) is 10.7. The summed E-state index contributed by atoms with van der Waals surface area (Å²) < 4.78 is 0. The van der Waals surface area contributed by atoms with Gasteiger partial charge in [-0.2, -0.15) is 0 Å². The van der Waals surface area contributed by atoms with Gasteiger partial charge in [-0.25, -0.2) is 0 Å². The number of carbonyl (C=O) groups excluding carboxylic acids is 1. The zero-order chi connectivity index (χ0) is 17.9. The van der Waals surface area contributed by atoms with Gasteiger partial charge in [0.2, 0.25) is 0 Å². The number of nitrogens with zero attached hydrogens (tertiary/aromatic N) is 1. The minimum absolute atomic E-state index is 0.274. The lowest BCUT2D eigenvalue weighted by Gasteiger charge is -2.59. The van der Waals surface area contributed by atoms with Crippen molar-refractivity contribution < 1.29 is 4.79 Å². The zero-order valence-corrected chi connectivity index (χ0v) is 16.2. The first-order valence-corrected chi connectivity index (χ1v) is 10.7. The Morgan fingerprint density at radius 3 is 2.81 bits per heavy atom. The van der Waals surface area contributed by atoms with Crippen molar-refractivity contribution in [3.05, 3.63) is 36.2 Å². The van der Waals surface area contributed by atoms with Crippen LogP contribution in [0.1, 0.15) is 70.8 Å². The fourth-order valence-corrected chi connectivity index (χ4v) is 7.70. The van der Waals surface area contributed by atoms with Gasteiger partial charge < -0.3 is 0 Å². The molecule has 1 heterocycles.